The smallest absolute Gasteiger partial charge is 0.420 e. The second-order valence-corrected chi connectivity index (χ2v) is 13.8. The van der Waals surface area contributed by atoms with Crippen LogP contribution >= 0.6 is 0 Å². The first-order chi connectivity index (χ1) is 23.1. The topological polar surface area (TPSA) is 29.0 Å². The van der Waals surface area contributed by atoms with E-state index in [-0.39, 0.29) is 33.6 Å². The second-order valence-electron chi connectivity index (χ2n) is 13.8. The lowest BCUT2D eigenvalue weighted by Gasteiger charge is -2.34. The minimum atomic E-state index is -6.72. The summed E-state index contributed by atoms with van der Waals surface area (Å²) < 4.78 is 182. The Morgan fingerprint density at radius 2 is 0.980 bits per heavy atom. The van der Waals surface area contributed by atoms with Gasteiger partial charge in [0.15, 0.2) is 0 Å². The Hall–Kier alpha value is -3.91. The number of allylic oxidation sites excluding steroid dienone is 3. The molecule has 1 atom stereocenters. The van der Waals surface area contributed by atoms with Crippen LogP contribution in [-0.4, -0.2) is 34.4 Å². The molecule has 15 heteroatoms. The fraction of sp³-hybridized carbons (Fsp3) is 0.472. The lowest BCUT2D eigenvalue weighted by atomic mass is 9.76. The van der Waals surface area contributed by atoms with Crippen LogP contribution in [0.25, 0.3) is 11.4 Å². The van der Waals surface area contributed by atoms with Gasteiger partial charge >= 0.3 is 24.7 Å². The van der Waals surface area contributed by atoms with Crippen molar-refractivity contribution in [3.05, 3.63) is 99.3 Å². The van der Waals surface area contributed by atoms with Crippen molar-refractivity contribution in [1.82, 2.24) is 4.57 Å². The standard InChI is InChI=1S/C36H36F12N2O/c1-17(2)21-11-9-12-22(18(3)4)27(21)49-15-16-50(28-23(19(5)6)13-10-14-24(28)20(7)8)31(49)32(36(46,47)48)29(35(43,44)45)25(33(37,38)39)26(30(32)51)34(40,41)42/h9-20H,1-8H3/p+1. The SMILES string of the molecule is CC(C)c1cccc(C(C)C)c1-n1cc[n+](-c2c(C(C)C)cccc2C(C)C)c1C1(C(F)(F)F)C(O)=C(C(F)(F)F)C(C(F)(F)F)=C1C(F)(F)F. The zero-order valence-corrected chi connectivity index (χ0v) is 28.8. The third-order valence-corrected chi connectivity index (χ3v) is 9.07. The highest BCUT2D eigenvalue weighted by molar-refractivity contribution is 5.65. The number of imidazole rings is 1. The summed E-state index contributed by atoms with van der Waals surface area (Å²) in [5.41, 5.74) is -15.7. The fourth-order valence-electron chi connectivity index (χ4n) is 6.96. The highest BCUT2D eigenvalue weighted by Gasteiger charge is 2.80. The number of rotatable bonds is 7. The van der Waals surface area contributed by atoms with Crippen LogP contribution in [0.3, 0.4) is 0 Å². The Kier molecular flexibility index (Phi) is 10.1. The molecule has 51 heavy (non-hydrogen) atoms. The maximum atomic E-state index is 16.1. The molecule has 0 radical (unpaired) electrons. The summed E-state index contributed by atoms with van der Waals surface area (Å²) in [6.07, 6.45) is -24.8. The van der Waals surface area contributed by atoms with Crippen molar-refractivity contribution in [2.45, 2.75) is 109 Å². The van der Waals surface area contributed by atoms with Crippen LogP contribution in [0, 0.1) is 0 Å². The van der Waals surface area contributed by atoms with E-state index in [1.165, 1.54) is 36.4 Å². The van der Waals surface area contributed by atoms with E-state index >= 15 is 26.3 Å². The maximum Gasteiger partial charge on any atom is 0.420 e. The predicted molar refractivity (Wildman–Crippen MR) is 166 cm³/mol. The van der Waals surface area contributed by atoms with Gasteiger partial charge in [0.1, 0.15) is 35.1 Å². The summed E-state index contributed by atoms with van der Waals surface area (Å²) in [6.45, 7) is 12.9. The number of hydrogen-bond donors (Lipinski definition) is 1. The van der Waals surface area contributed by atoms with Crippen molar-refractivity contribution in [1.29, 1.82) is 0 Å². The van der Waals surface area contributed by atoms with E-state index in [0.29, 0.717) is 9.13 Å². The van der Waals surface area contributed by atoms with E-state index in [9.17, 15) is 31.4 Å². The van der Waals surface area contributed by atoms with Crippen LogP contribution in [-0.2, 0) is 5.41 Å². The minimum Gasteiger partial charge on any atom is -0.510 e. The van der Waals surface area contributed by atoms with Crippen molar-refractivity contribution in [3.63, 3.8) is 0 Å². The van der Waals surface area contributed by atoms with Crippen molar-refractivity contribution < 1.29 is 62.4 Å². The van der Waals surface area contributed by atoms with Gasteiger partial charge in [0, 0.05) is 22.3 Å². The quantitative estimate of drug-likeness (QED) is 0.190. The summed E-state index contributed by atoms with van der Waals surface area (Å²) in [4.78, 5) is 0. The van der Waals surface area contributed by atoms with Crippen LogP contribution in [0.2, 0.25) is 0 Å². The Morgan fingerprint density at radius 3 is 1.31 bits per heavy atom. The molecule has 0 amide bonds. The maximum absolute atomic E-state index is 16.1. The van der Waals surface area contributed by atoms with Crippen molar-refractivity contribution in [3.8, 4) is 11.4 Å². The third-order valence-electron chi connectivity index (χ3n) is 9.07. The Balaban J connectivity index is 2.55. The van der Waals surface area contributed by atoms with E-state index in [1.807, 2.05) is 0 Å². The highest BCUT2D eigenvalue weighted by atomic mass is 19.4. The molecule has 1 unspecified atom stereocenters. The number of hydrogen-bond acceptors (Lipinski definition) is 1. The minimum absolute atomic E-state index is 0.184. The first kappa shape index (κ1) is 39.9. The molecule has 0 bridgehead atoms. The molecule has 0 saturated carbocycles. The van der Waals surface area contributed by atoms with Gasteiger partial charge in [-0.05, 0) is 23.7 Å². The lowest BCUT2D eigenvalue weighted by molar-refractivity contribution is -0.611. The normalized spacial score (nSPS) is 18.1. The number of benzene rings is 2. The molecule has 0 saturated heterocycles. The highest BCUT2D eigenvalue weighted by Crippen LogP contribution is 2.65. The number of halogens is 12. The van der Waals surface area contributed by atoms with E-state index < -0.39 is 82.1 Å². The van der Waals surface area contributed by atoms with E-state index in [1.54, 1.807) is 55.4 Å². The summed E-state index contributed by atoms with van der Waals surface area (Å²) in [5, 5.41) is 11.2. The van der Waals surface area contributed by atoms with Gasteiger partial charge in [0.2, 0.25) is 0 Å². The van der Waals surface area contributed by atoms with Crippen LogP contribution in [0.5, 0.6) is 0 Å². The Morgan fingerprint density at radius 1 is 0.588 bits per heavy atom. The molecule has 1 heterocycles. The summed E-state index contributed by atoms with van der Waals surface area (Å²) in [6, 6.07) is 8.88. The van der Waals surface area contributed by atoms with Gasteiger partial charge in [-0.1, -0.05) is 91.8 Å². The molecule has 3 nitrogen and oxygen atoms in total. The number of nitrogens with zero attached hydrogens (tertiary/aromatic N) is 2. The molecule has 1 aliphatic rings. The van der Waals surface area contributed by atoms with Crippen LogP contribution < -0.4 is 4.57 Å². The van der Waals surface area contributed by atoms with Crippen molar-refractivity contribution >= 4 is 0 Å². The van der Waals surface area contributed by atoms with Crippen LogP contribution in [0.15, 0.2) is 71.3 Å². The fourth-order valence-corrected chi connectivity index (χ4v) is 6.96. The number of para-hydroxylation sites is 2. The van der Waals surface area contributed by atoms with Gasteiger partial charge in [-0.15, -0.1) is 0 Å². The molecular formula is C36H37F12N2O+. The Labute approximate surface area is 286 Å². The van der Waals surface area contributed by atoms with E-state index in [2.05, 4.69) is 0 Å². The van der Waals surface area contributed by atoms with Gasteiger partial charge < -0.3 is 5.11 Å². The lowest BCUT2D eigenvalue weighted by Crippen LogP contribution is -2.56. The zero-order valence-electron chi connectivity index (χ0n) is 28.8. The Bertz CT molecular complexity index is 1730. The first-order valence-corrected chi connectivity index (χ1v) is 16.0. The molecule has 280 valence electrons. The molecule has 0 spiro atoms. The van der Waals surface area contributed by atoms with E-state index in [4.69, 9.17) is 0 Å². The molecular weight excluding hydrogens is 704 g/mol. The molecule has 1 aliphatic carbocycles. The van der Waals surface area contributed by atoms with Gasteiger partial charge in [-0.2, -0.15) is 61.8 Å². The molecule has 0 fully saturated rings. The van der Waals surface area contributed by atoms with Crippen LogP contribution in [0.1, 0.15) is 107 Å². The molecule has 1 aromatic heterocycles. The average molecular weight is 742 g/mol. The van der Waals surface area contributed by atoms with Crippen molar-refractivity contribution in [2.75, 3.05) is 0 Å². The van der Waals surface area contributed by atoms with Gasteiger partial charge in [0.25, 0.3) is 11.2 Å². The van der Waals surface area contributed by atoms with Gasteiger partial charge in [-0.3, -0.25) is 0 Å². The van der Waals surface area contributed by atoms with Crippen LogP contribution in [0.4, 0.5) is 52.7 Å². The monoisotopic (exact) mass is 741 g/mol. The number of aromatic nitrogens is 2. The summed E-state index contributed by atoms with van der Waals surface area (Å²) in [7, 11) is 0. The number of alkyl halides is 12. The predicted octanol–water partition coefficient (Wildman–Crippen LogP) is 11.9. The van der Waals surface area contributed by atoms with Gasteiger partial charge in [0.05, 0.1) is 11.1 Å². The van der Waals surface area contributed by atoms with Crippen molar-refractivity contribution in [2.24, 2.45) is 0 Å². The summed E-state index contributed by atoms with van der Waals surface area (Å²) in [5.74, 6) is -7.14. The zero-order chi connectivity index (χ0) is 39.0. The molecule has 4 rings (SSSR count). The summed E-state index contributed by atoms with van der Waals surface area (Å²) >= 11 is 0. The molecule has 3 aromatic rings. The second kappa shape index (κ2) is 12.9. The number of aliphatic hydroxyl groups is 1. The number of aliphatic hydroxyl groups excluding tert-OH is 1. The first-order valence-electron chi connectivity index (χ1n) is 16.0. The molecule has 2 aromatic carbocycles. The average Bonchev–Trinajstić information content (AvgIpc) is 3.53. The third kappa shape index (κ3) is 6.42. The van der Waals surface area contributed by atoms with Gasteiger partial charge in [-0.25, -0.2) is 0 Å². The molecule has 0 aliphatic heterocycles. The largest absolute Gasteiger partial charge is 0.510 e. The van der Waals surface area contributed by atoms with E-state index in [0.717, 1.165) is 12.4 Å². The molecule has 1 N–H and O–H groups in total.